The number of piperazine rings is 1. The van der Waals surface area contributed by atoms with Gasteiger partial charge in [-0.2, -0.15) is 4.31 Å². The first-order valence-electron chi connectivity index (χ1n) is 7.01. The molecule has 1 aliphatic heterocycles. The molecule has 122 valence electrons. The van der Waals surface area contributed by atoms with Gasteiger partial charge < -0.3 is 14.9 Å². The fourth-order valence-electron chi connectivity index (χ4n) is 2.18. The average molecular weight is 321 g/mol. The van der Waals surface area contributed by atoms with Crippen LogP contribution in [-0.2, 0) is 14.8 Å². The number of amides is 2. The van der Waals surface area contributed by atoms with Crippen molar-refractivity contribution < 1.29 is 23.1 Å². The number of sulfonamides is 1. The van der Waals surface area contributed by atoms with Crippen LogP contribution in [-0.4, -0.2) is 84.1 Å². The SMILES string of the molecule is CCN(CC)C(=O)N1CCN(S(=O)(=O)C(C)C(=O)O)CC1. The van der Waals surface area contributed by atoms with Gasteiger partial charge in [-0.15, -0.1) is 0 Å². The molecule has 1 rings (SSSR count). The van der Waals surface area contributed by atoms with E-state index in [2.05, 4.69) is 0 Å². The Morgan fingerprint density at radius 3 is 2.00 bits per heavy atom. The zero-order chi connectivity index (χ0) is 16.2. The quantitative estimate of drug-likeness (QED) is 0.760. The second-order valence-corrected chi connectivity index (χ2v) is 7.12. The van der Waals surface area contributed by atoms with E-state index in [1.54, 1.807) is 9.80 Å². The van der Waals surface area contributed by atoms with Crippen LogP contribution in [0, 0.1) is 0 Å². The summed E-state index contributed by atoms with van der Waals surface area (Å²) < 4.78 is 25.3. The Hall–Kier alpha value is -1.35. The highest BCUT2D eigenvalue weighted by atomic mass is 32.2. The molecule has 0 aliphatic carbocycles. The van der Waals surface area contributed by atoms with Gasteiger partial charge in [0, 0.05) is 39.3 Å². The van der Waals surface area contributed by atoms with Crippen molar-refractivity contribution in [3.63, 3.8) is 0 Å². The summed E-state index contributed by atoms with van der Waals surface area (Å²) in [5.41, 5.74) is 0. The molecule has 0 radical (unpaired) electrons. The molecule has 0 saturated carbocycles. The molecule has 1 unspecified atom stereocenters. The molecule has 2 amide bonds. The zero-order valence-corrected chi connectivity index (χ0v) is 13.5. The molecule has 0 spiro atoms. The van der Waals surface area contributed by atoms with Crippen LogP contribution in [0.5, 0.6) is 0 Å². The van der Waals surface area contributed by atoms with Crippen LogP contribution in [0.15, 0.2) is 0 Å². The van der Waals surface area contributed by atoms with Crippen molar-refractivity contribution in [1.29, 1.82) is 0 Å². The Morgan fingerprint density at radius 1 is 1.14 bits per heavy atom. The highest BCUT2D eigenvalue weighted by Gasteiger charge is 2.36. The third kappa shape index (κ3) is 3.85. The molecular formula is C12H23N3O5S. The van der Waals surface area contributed by atoms with Crippen molar-refractivity contribution >= 4 is 22.0 Å². The van der Waals surface area contributed by atoms with Crippen molar-refractivity contribution in [3.8, 4) is 0 Å². The number of carboxylic acid groups (broad SMARTS) is 1. The molecule has 9 heteroatoms. The molecule has 21 heavy (non-hydrogen) atoms. The molecule has 0 bridgehead atoms. The van der Waals surface area contributed by atoms with Gasteiger partial charge in [0.25, 0.3) is 0 Å². The number of hydrogen-bond donors (Lipinski definition) is 1. The van der Waals surface area contributed by atoms with E-state index in [4.69, 9.17) is 5.11 Å². The number of carbonyl (C=O) groups excluding carboxylic acids is 1. The van der Waals surface area contributed by atoms with Gasteiger partial charge >= 0.3 is 12.0 Å². The summed E-state index contributed by atoms with van der Waals surface area (Å²) in [6.07, 6.45) is 0. The molecule has 8 nitrogen and oxygen atoms in total. The molecule has 1 fully saturated rings. The fourth-order valence-corrected chi connectivity index (χ4v) is 3.55. The van der Waals surface area contributed by atoms with E-state index in [9.17, 15) is 18.0 Å². The Kier molecular flexibility index (Phi) is 5.97. The van der Waals surface area contributed by atoms with E-state index in [0.717, 1.165) is 11.2 Å². The van der Waals surface area contributed by atoms with E-state index in [0.29, 0.717) is 13.1 Å². The first-order chi connectivity index (χ1) is 9.75. The van der Waals surface area contributed by atoms with Gasteiger partial charge in [0.05, 0.1) is 0 Å². The van der Waals surface area contributed by atoms with Gasteiger partial charge in [-0.25, -0.2) is 13.2 Å². The lowest BCUT2D eigenvalue weighted by atomic mass is 10.4. The van der Waals surface area contributed by atoms with E-state index in [1.165, 1.54) is 0 Å². The number of nitrogens with zero attached hydrogens (tertiary/aromatic N) is 3. The first-order valence-corrected chi connectivity index (χ1v) is 8.51. The highest BCUT2D eigenvalue weighted by molar-refractivity contribution is 7.90. The molecule has 0 aromatic carbocycles. The molecule has 1 heterocycles. The first kappa shape index (κ1) is 17.7. The van der Waals surface area contributed by atoms with E-state index >= 15 is 0 Å². The van der Waals surface area contributed by atoms with Crippen LogP contribution in [0.2, 0.25) is 0 Å². The van der Waals surface area contributed by atoms with Crippen molar-refractivity contribution in [1.82, 2.24) is 14.1 Å². The van der Waals surface area contributed by atoms with E-state index in [1.807, 2.05) is 13.8 Å². The lowest BCUT2D eigenvalue weighted by Crippen LogP contribution is -2.55. The topological polar surface area (TPSA) is 98.2 Å². The largest absolute Gasteiger partial charge is 0.480 e. The normalized spacial score (nSPS) is 18.3. The van der Waals surface area contributed by atoms with Crippen LogP contribution in [0.25, 0.3) is 0 Å². The number of hydrogen-bond acceptors (Lipinski definition) is 4. The van der Waals surface area contributed by atoms with Gasteiger partial charge in [0.2, 0.25) is 10.0 Å². The lowest BCUT2D eigenvalue weighted by Gasteiger charge is -2.37. The maximum atomic E-state index is 12.1. The summed E-state index contributed by atoms with van der Waals surface area (Å²) in [7, 11) is -3.86. The van der Waals surface area contributed by atoms with Crippen molar-refractivity contribution in [3.05, 3.63) is 0 Å². The van der Waals surface area contributed by atoms with Crippen LogP contribution in [0.1, 0.15) is 20.8 Å². The fraction of sp³-hybridized carbons (Fsp3) is 0.833. The third-order valence-corrected chi connectivity index (χ3v) is 5.88. The molecule has 0 aromatic rings. The molecule has 1 saturated heterocycles. The molecular weight excluding hydrogens is 298 g/mol. The predicted octanol–water partition coefficient (Wildman–Crippen LogP) is -0.131. The van der Waals surface area contributed by atoms with Gasteiger partial charge in [-0.05, 0) is 20.8 Å². The number of aliphatic carboxylic acids is 1. The summed E-state index contributed by atoms with van der Waals surface area (Å²) in [6, 6.07) is -0.108. The van der Waals surface area contributed by atoms with Crippen LogP contribution >= 0.6 is 0 Å². The van der Waals surface area contributed by atoms with Crippen LogP contribution in [0.3, 0.4) is 0 Å². The second kappa shape index (κ2) is 7.08. The maximum Gasteiger partial charge on any atom is 0.323 e. The summed E-state index contributed by atoms with van der Waals surface area (Å²) >= 11 is 0. The maximum absolute atomic E-state index is 12.1. The van der Waals surface area contributed by atoms with Gasteiger partial charge in [0.1, 0.15) is 0 Å². The minimum atomic E-state index is -3.86. The summed E-state index contributed by atoms with van der Waals surface area (Å²) in [4.78, 5) is 26.3. The molecule has 1 aliphatic rings. The Labute approximate surface area is 125 Å². The summed E-state index contributed by atoms with van der Waals surface area (Å²) in [5, 5.41) is 7.38. The smallest absolute Gasteiger partial charge is 0.323 e. The second-order valence-electron chi connectivity index (χ2n) is 4.87. The average Bonchev–Trinajstić information content (AvgIpc) is 2.47. The van der Waals surface area contributed by atoms with Crippen LogP contribution < -0.4 is 0 Å². The van der Waals surface area contributed by atoms with Crippen LogP contribution in [0.4, 0.5) is 4.79 Å². The summed E-state index contributed by atoms with van der Waals surface area (Å²) in [5.74, 6) is -1.36. The Bertz CT molecular complexity index is 481. The standard InChI is InChI=1S/C12H23N3O5S/c1-4-13(5-2)12(18)14-6-8-15(9-7-14)21(19,20)10(3)11(16)17/h10H,4-9H2,1-3H3,(H,16,17). The number of carboxylic acids is 1. The van der Waals surface area contributed by atoms with E-state index in [-0.39, 0.29) is 32.2 Å². The lowest BCUT2D eigenvalue weighted by molar-refractivity contribution is -0.136. The number of urea groups is 1. The minimum Gasteiger partial charge on any atom is -0.480 e. The third-order valence-electron chi connectivity index (χ3n) is 3.70. The zero-order valence-electron chi connectivity index (χ0n) is 12.7. The predicted molar refractivity (Wildman–Crippen MR) is 77.5 cm³/mol. The van der Waals surface area contributed by atoms with E-state index < -0.39 is 21.2 Å². The number of carbonyl (C=O) groups is 2. The van der Waals surface area contributed by atoms with Crippen molar-refractivity contribution in [2.24, 2.45) is 0 Å². The Balaban J connectivity index is 2.68. The molecule has 1 atom stereocenters. The van der Waals surface area contributed by atoms with Crippen molar-refractivity contribution in [2.75, 3.05) is 39.3 Å². The van der Waals surface area contributed by atoms with Gasteiger partial charge in [-0.3, -0.25) is 4.79 Å². The van der Waals surface area contributed by atoms with Crippen molar-refractivity contribution in [2.45, 2.75) is 26.0 Å². The van der Waals surface area contributed by atoms with Gasteiger partial charge in [-0.1, -0.05) is 0 Å². The van der Waals surface area contributed by atoms with Gasteiger partial charge in [0.15, 0.2) is 5.25 Å². The molecule has 0 aromatic heterocycles. The monoisotopic (exact) mass is 321 g/mol. The number of rotatable bonds is 5. The summed E-state index contributed by atoms with van der Waals surface area (Å²) in [6.45, 7) is 6.95. The molecule has 1 N–H and O–H groups in total. The highest BCUT2D eigenvalue weighted by Crippen LogP contribution is 2.14. The Morgan fingerprint density at radius 2 is 1.62 bits per heavy atom. The minimum absolute atomic E-state index is 0.108.